The molecule has 1 atom stereocenters. The van der Waals surface area contributed by atoms with E-state index >= 15 is 0 Å². The second kappa shape index (κ2) is 8.50. The molecule has 0 saturated carbocycles. The van der Waals surface area contributed by atoms with Crippen LogP contribution >= 0.6 is 0 Å². The molecule has 1 aliphatic rings. The Bertz CT molecular complexity index is 1180. The fraction of sp³-hybridized carbons (Fsp3) is 0.286. The first-order chi connectivity index (χ1) is 15.3. The van der Waals surface area contributed by atoms with E-state index in [2.05, 4.69) is 15.3 Å². The zero-order valence-corrected chi connectivity index (χ0v) is 16.9. The van der Waals surface area contributed by atoms with Crippen molar-refractivity contribution < 1.29 is 31.9 Å². The van der Waals surface area contributed by atoms with Crippen LogP contribution in [0, 0.1) is 0 Å². The van der Waals surface area contributed by atoms with Crippen LogP contribution < -0.4 is 15.8 Å². The molecule has 1 unspecified atom stereocenters. The molecular weight excluding hydrogens is 429 g/mol. The molecule has 168 valence electrons. The van der Waals surface area contributed by atoms with E-state index in [1.54, 1.807) is 12.3 Å². The molecule has 32 heavy (non-hydrogen) atoms. The summed E-state index contributed by atoms with van der Waals surface area (Å²) in [4.78, 5) is 20.6. The molecular formula is C21H19F3N4O4. The largest absolute Gasteiger partial charge is 0.496 e. The van der Waals surface area contributed by atoms with Crippen molar-refractivity contribution in [3.8, 4) is 17.2 Å². The van der Waals surface area contributed by atoms with E-state index in [4.69, 9.17) is 19.6 Å². The normalized spacial score (nSPS) is 15.7. The molecule has 0 radical (unpaired) electrons. The number of carbonyl (C=O) groups excluding carboxylic acids is 1. The molecule has 0 spiro atoms. The van der Waals surface area contributed by atoms with Gasteiger partial charge in [0.25, 0.3) is 5.91 Å². The van der Waals surface area contributed by atoms with Gasteiger partial charge in [-0.15, -0.1) is 0 Å². The Morgan fingerprint density at radius 3 is 2.75 bits per heavy atom. The van der Waals surface area contributed by atoms with Gasteiger partial charge >= 0.3 is 6.18 Å². The lowest BCUT2D eigenvalue weighted by Crippen LogP contribution is -2.32. The number of benzene rings is 1. The third kappa shape index (κ3) is 4.11. The minimum absolute atomic E-state index is 0.00250. The van der Waals surface area contributed by atoms with Crippen LogP contribution in [0.3, 0.4) is 0 Å². The maximum Gasteiger partial charge on any atom is 0.433 e. The summed E-state index contributed by atoms with van der Waals surface area (Å²) in [6.07, 6.45) is -0.675. The van der Waals surface area contributed by atoms with Crippen molar-refractivity contribution in [2.45, 2.75) is 25.2 Å². The highest BCUT2D eigenvalue weighted by Crippen LogP contribution is 2.36. The van der Waals surface area contributed by atoms with Gasteiger partial charge in [0.1, 0.15) is 23.1 Å². The van der Waals surface area contributed by atoms with Gasteiger partial charge in [-0.3, -0.25) is 4.79 Å². The summed E-state index contributed by atoms with van der Waals surface area (Å²) in [6.45, 7) is 0.176. The minimum atomic E-state index is -4.62. The number of methoxy groups -OCH3 is 1. The van der Waals surface area contributed by atoms with Crippen LogP contribution in [0.2, 0.25) is 0 Å². The number of nitrogens with two attached hydrogens (primary N) is 1. The summed E-state index contributed by atoms with van der Waals surface area (Å²) in [5.41, 5.74) is 5.00. The zero-order chi connectivity index (χ0) is 22.9. The average molecular weight is 448 g/mol. The van der Waals surface area contributed by atoms with Gasteiger partial charge in [-0.1, -0.05) is 0 Å². The SMILES string of the molecule is COc1ccc(-c2nc(C(=O)NCC3CC=CO3)c(CN)o2)c2ccc(C(F)(F)F)nc12. The molecule has 4 rings (SSSR count). The first kappa shape index (κ1) is 21.6. The Hall–Kier alpha value is -3.60. The number of oxazole rings is 1. The summed E-state index contributed by atoms with van der Waals surface area (Å²) in [5.74, 6) is -0.162. The molecule has 0 fully saturated rings. The first-order valence-electron chi connectivity index (χ1n) is 9.65. The lowest BCUT2D eigenvalue weighted by molar-refractivity contribution is -0.140. The van der Waals surface area contributed by atoms with Crippen molar-refractivity contribution in [2.75, 3.05) is 13.7 Å². The van der Waals surface area contributed by atoms with Gasteiger partial charge in [-0.05, 0) is 30.3 Å². The van der Waals surface area contributed by atoms with Gasteiger partial charge in [-0.25, -0.2) is 9.97 Å². The zero-order valence-electron chi connectivity index (χ0n) is 16.9. The number of hydrogen-bond acceptors (Lipinski definition) is 7. The number of amides is 1. The van der Waals surface area contributed by atoms with Gasteiger partial charge in [0, 0.05) is 17.4 Å². The van der Waals surface area contributed by atoms with E-state index in [1.165, 1.54) is 19.2 Å². The van der Waals surface area contributed by atoms with E-state index in [0.717, 1.165) is 6.07 Å². The van der Waals surface area contributed by atoms with Crippen LogP contribution in [0.15, 0.2) is 41.0 Å². The topological polar surface area (TPSA) is 112 Å². The molecule has 2 aromatic heterocycles. The maximum absolute atomic E-state index is 13.1. The molecule has 0 saturated heterocycles. The summed E-state index contributed by atoms with van der Waals surface area (Å²) >= 11 is 0. The van der Waals surface area contributed by atoms with Crippen molar-refractivity contribution in [1.29, 1.82) is 0 Å². The lowest BCUT2D eigenvalue weighted by Gasteiger charge is -2.11. The number of pyridine rings is 1. The Balaban J connectivity index is 1.71. The Labute approximate surface area is 180 Å². The van der Waals surface area contributed by atoms with Crippen molar-refractivity contribution in [1.82, 2.24) is 15.3 Å². The molecule has 3 N–H and O–H groups in total. The molecule has 3 aromatic rings. The number of aromatic nitrogens is 2. The second-order valence-electron chi connectivity index (χ2n) is 6.98. The number of nitrogens with one attached hydrogen (secondary N) is 1. The summed E-state index contributed by atoms with van der Waals surface area (Å²) < 4.78 is 55.6. The van der Waals surface area contributed by atoms with E-state index in [9.17, 15) is 18.0 Å². The molecule has 1 aromatic carbocycles. The van der Waals surface area contributed by atoms with E-state index < -0.39 is 17.8 Å². The van der Waals surface area contributed by atoms with Crippen LogP contribution in [-0.2, 0) is 17.5 Å². The van der Waals surface area contributed by atoms with Gasteiger partial charge < -0.3 is 24.9 Å². The fourth-order valence-electron chi connectivity index (χ4n) is 3.34. The van der Waals surface area contributed by atoms with Gasteiger partial charge in [0.2, 0.25) is 5.89 Å². The lowest BCUT2D eigenvalue weighted by atomic mass is 10.1. The highest BCUT2D eigenvalue weighted by atomic mass is 19.4. The average Bonchev–Trinajstić information content (AvgIpc) is 3.45. The molecule has 0 aliphatic carbocycles. The number of hydrogen-bond donors (Lipinski definition) is 2. The second-order valence-corrected chi connectivity index (χ2v) is 6.98. The van der Waals surface area contributed by atoms with Crippen LogP contribution in [0.1, 0.15) is 28.4 Å². The van der Waals surface area contributed by atoms with Gasteiger partial charge in [-0.2, -0.15) is 13.2 Å². The van der Waals surface area contributed by atoms with Gasteiger partial charge in [0.15, 0.2) is 11.5 Å². The molecule has 1 aliphatic heterocycles. The predicted octanol–water partition coefficient (Wildman–Crippen LogP) is 3.41. The van der Waals surface area contributed by atoms with Crippen molar-refractivity contribution in [3.05, 3.63) is 53.8 Å². The fourth-order valence-corrected chi connectivity index (χ4v) is 3.34. The Morgan fingerprint density at radius 2 is 2.09 bits per heavy atom. The van der Waals surface area contributed by atoms with Crippen LogP contribution in [0.5, 0.6) is 5.75 Å². The van der Waals surface area contributed by atoms with Crippen molar-refractivity contribution >= 4 is 16.8 Å². The number of fused-ring (bicyclic) bond motifs is 1. The number of halogens is 3. The Kier molecular flexibility index (Phi) is 5.74. The van der Waals surface area contributed by atoms with Gasteiger partial charge in [0.05, 0.1) is 26.5 Å². The smallest absolute Gasteiger partial charge is 0.433 e. The first-order valence-corrected chi connectivity index (χ1v) is 9.65. The minimum Gasteiger partial charge on any atom is -0.496 e. The third-order valence-corrected chi connectivity index (χ3v) is 4.92. The number of carbonyl (C=O) groups is 1. The van der Waals surface area contributed by atoms with E-state index in [0.29, 0.717) is 17.4 Å². The Morgan fingerprint density at radius 1 is 1.28 bits per heavy atom. The monoisotopic (exact) mass is 448 g/mol. The molecule has 0 bridgehead atoms. The highest BCUT2D eigenvalue weighted by Gasteiger charge is 2.33. The van der Waals surface area contributed by atoms with Crippen LogP contribution in [-0.4, -0.2) is 35.6 Å². The summed E-state index contributed by atoms with van der Waals surface area (Å²) in [6, 6.07) is 5.16. The van der Waals surface area contributed by atoms with E-state index in [1.807, 2.05) is 6.08 Å². The van der Waals surface area contributed by atoms with Crippen LogP contribution in [0.4, 0.5) is 13.2 Å². The predicted molar refractivity (Wildman–Crippen MR) is 108 cm³/mol. The molecule has 3 heterocycles. The quantitative estimate of drug-likeness (QED) is 0.594. The standard InChI is InChI=1S/C21H19F3N4O4/c1-30-14-6-4-13(12-5-7-16(21(22,23)24)27-17(12)14)20-28-18(15(9-25)32-20)19(29)26-10-11-3-2-8-31-11/h2,4-8,11H,3,9-10,25H2,1H3,(H,26,29). The molecule has 8 nitrogen and oxygen atoms in total. The molecule has 1 amide bonds. The molecule has 11 heteroatoms. The number of alkyl halides is 3. The van der Waals surface area contributed by atoms with E-state index in [-0.39, 0.29) is 47.8 Å². The summed E-state index contributed by atoms with van der Waals surface area (Å²) in [5, 5.41) is 3.04. The summed E-state index contributed by atoms with van der Waals surface area (Å²) in [7, 11) is 1.33. The number of ether oxygens (including phenoxy) is 2. The van der Waals surface area contributed by atoms with Crippen molar-refractivity contribution in [2.24, 2.45) is 5.73 Å². The maximum atomic E-state index is 13.1. The number of nitrogens with zero attached hydrogens (tertiary/aromatic N) is 2. The highest BCUT2D eigenvalue weighted by molar-refractivity contribution is 5.98. The number of rotatable bonds is 6. The van der Waals surface area contributed by atoms with Crippen molar-refractivity contribution in [3.63, 3.8) is 0 Å². The van der Waals surface area contributed by atoms with Crippen LogP contribution in [0.25, 0.3) is 22.4 Å². The third-order valence-electron chi connectivity index (χ3n) is 4.92.